The van der Waals surface area contributed by atoms with Gasteiger partial charge in [0.1, 0.15) is 6.54 Å². The molecule has 0 saturated carbocycles. The Balaban J connectivity index is 2.35. The van der Waals surface area contributed by atoms with Gasteiger partial charge in [-0.3, -0.25) is 0 Å². The largest absolute Gasteiger partial charge is 0.371 e. The number of nitrogens with zero attached hydrogens (tertiary/aromatic N) is 1. The zero-order chi connectivity index (χ0) is 14.0. The van der Waals surface area contributed by atoms with Crippen LogP contribution in [0.5, 0.6) is 0 Å². The summed E-state index contributed by atoms with van der Waals surface area (Å²) in [5.74, 6) is 0. The average molecular weight is 264 g/mol. The molecule has 0 unspecified atom stereocenters. The lowest BCUT2D eigenvalue weighted by Crippen LogP contribution is -2.50. The molecule has 0 spiro atoms. The minimum Gasteiger partial charge on any atom is -0.371 e. The van der Waals surface area contributed by atoms with Crippen molar-refractivity contribution in [3.05, 3.63) is 35.9 Å². The minimum absolute atomic E-state index is 0.739. The van der Waals surface area contributed by atoms with Crippen molar-refractivity contribution >= 4 is 0 Å². The van der Waals surface area contributed by atoms with Crippen LogP contribution in [0.25, 0.3) is 0 Å². The van der Waals surface area contributed by atoms with E-state index in [0.29, 0.717) is 0 Å². The predicted octanol–water partition coefficient (Wildman–Crippen LogP) is 3.86. The third kappa shape index (κ3) is 5.75. The third-order valence-electron chi connectivity index (χ3n) is 3.89. The Kier molecular flexibility index (Phi) is 7.76. The molecule has 0 saturated heterocycles. The molecule has 0 aliphatic heterocycles. The average Bonchev–Trinajstić information content (AvgIpc) is 2.45. The quantitative estimate of drug-likeness (QED) is 0.460. The highest BCUT2D eigenvalue weighted by Gasteiger charge is 2.22. The Morgan fingerprint density at radius 3 is 2.05 bits per heavy atom. The van der Waals surface area contributed by atoms with Crippen LogP contribution in [0, 0.1) is 0 Å². The number of quaternary nitrogens is 1. The van der Waals surface area contributed by atoms with Crippen molar-refractivity contribution in [1.29, 1.82) is 0 Å². The topological polar surface area (TPSA) is 9.23 Å². The summed E-state index contributed by atoms with van der Waals surface area (Å²) in [6.45, 7) is 13.4. The summed E-state index contributed by atoms with van der Waals surface area (Å²) >= 11 is 0. The van der Waals surface area contributed by atoms with E-state index in [1.54, 1.807) is 0 Å². The second kappa shape index (κ2) is 9.11. The highest BCUT2D eigenvalue weighted by atomic mass is 16.5. The van der Waals surface area contributed by atoms with Crippen molar-refractivity contribution in [2.24, 2.45) is 0 Å². The monoisotopic (exact) mass is 264 g/mol. The van der Waals surface area contributed by atoms with Crippen molar-refractivity contribution < 1.29 is 9.22 Å². The van der Waals surface area contributed by atoms with E-state index in [4.69, 9.17) is 4.74 Å². The van der Waals surface area contributed by atoms with Gasteiger partial charge in [-0.2, -0.15) is 0 Å². The maximum atomic E-state index is 5.85. The van der Waals surface area contributed by atoms with Gasteiger partial charge < -0.3 is 9.22 Å². The lowest BCUT2D eigenvalue weighted by molar-refractivity contribution is -0.927. The van der Waals surface area contributed by atoms with Crippen molar-refractivity contribution in [2.75, 3.05) is 32.8 Å². The highest BCUT2D eigenvalue weighted by molar-refractivity contribution is 5.13. The van der Waals surface area contributed by atoms with E-state index < -0.39 is 0 Å². The van der Waals surface area contributed by atoms with Crippen LogP contribution in [0.1, 0.15) is 39.2 Å². The molecule has 0 aliphatic carbocycles. The van der Waals surface area contributed by atoms with Crippen LogP contribution in [0.2, 0.25) is 0 Å². The Morgan fingerprint density at radius 2 is 1.53 bits per heavy atom. The fourth-order valence-electron chi connectivity index (χ4n) is 2.78. The number of hydrogen-bond acceptors (Lipinski definition) is 1. The molecule has 0 atom stereocenters. The Hall–Kier alpha value is -0.860. The van der Waals surface area contributed by atoms with Gasteiger partial charge >= 0.3 is 0 Å². The normalized spacial score (nSPS) is 11.7. The maximum Gasteiger partial charge on any atom is 0.102 e. The van der Waals surface area contributed by atoms with Crippen LogP contribution in [-0.4, -0.2) is 37.3 Å². The molecule has 2 nitrogen and oxygen atoms in total. The van der Waals surface area contributed by atoms with E-state index in [2.05, 4.69) is 45.0 Å². The van der Waals surface area contributed by atoms with E-state index >= 15 is 0 Å². The molecule has 0 amide bonds. The molecule has 0 heterocycles. The summed E-state index contributed by atoms with van der Waals surface area (Å²) in [5, 5.41) is 0. The maximum absolute atomic E-state index is 5.85. The first-order valence-corrected chi connectivity index (χ1v) is 7.73. The first-order valence-electron chi connectivity index (χ1n) is 7.73. The van der Waals surface area contributed by atoms with Gasteiger partial charge in [0.15, 0.2) is 0 Å². The van der Waals surface area contributed by atoms with Crippen LogP contribution in [0.15, 0.2) is 30.3 Å². The molecule has 1 aromatic carbocycles. The molecular weight excluding hydrogens is 234 g/mol. The van der Waals surface area contributed by atoms with Gasteiger partial charge in [-0.1, -0.05) is 44.2 Å². The van der Waals surface area contributed by atoms with Crippen molar-refractivity contribution in [3.63, 3.8) is 0 Å². The fraction of sp³-hybridized carbons (Fsp3) is 0.647. The van der Waals surface area contributed by atoms with Crippen molar-refractivity contribution in [1.82, 2.24) is 0 Å². The molecule has 0 aromatic heterocycles. The molecule has 19 heavy (non-hydrogen) atoms. The van der Waals surface area contributed by atoms with Gasteiger partial charge in [-0.15, -0.1) is 0 Å². The fourth-order valence-corrected chi connectivity index (χ4v) is 2.78. The molecule has 108 valence electrons. The van der Waals surface area contributed by atoms with E-state index in [0.717, 1.165) is 19.8 Å². The van der Waals surface area contributed by atoms with Gasteiger partial charge in [-0.25, -0.2) is 0 Å². The van der Waals surface area contributed by atoms with Gasteiger partial charge in [0.05, 0.1) is 32.8 Å². The minimum atomic E-state index is 0.739. The van der Waals surface area contributed by atoms with Gasteiger partial charge in [-0.05, 0) is 25.3 Å². The van der Waals surface area contributed by atoms with E-state index in [1.807, 2.05) is 6.07 Å². The zero-order valence-corrected chi connectivity index (χ0v) is 12.9. The van der Waals surface area contributed by atoms with Crippen LogP contribution in [-0.2, 0) is 11.3 Å². The first-order chi connectivity index (χ1) is 9.26. The lowest BCUT2D eigenvalue weighted by Gasteiger charge is -2.37. The second-order valence-electron chi connectivity index (χ2n) is 5.37. The second-order valence-corrected chi connectivity index (χ2v) is 5.37. The summed E-state index contributed by atoms with van der Waals surface area (Å²) in [7, 11) is 0. The Bertz CT molecular complexity index is 317. The van der Waals surface area contributed by atoms with E-state index in [-0.39, 0.29) is 0 Å². The van der Waals surface area contributed by atoms with Crippen molar-refractivity contribution in [3.8, 4) is 0 Å². The molecule has 0 bridgehead atoms. The van der Waals surface area contributed by atoms with Crippen LogP contribution < -0.4 is 0 Å². The lowest BCUT2D eigenvalue weighted by atomic mass is 10.2. The molecule has 0 radical (unpaired) electrons. The molecular formula is C17H30NO+. The van der Waals surface area contributed by atoms with Gasteiger partial charge in [0, 0.05) is 0 Å². The van der Waals surface area contributed by atoms with Gasteiger partial charge in [0.25, 0.3) is 0 Å². The molecule has 1 rings (SSSR count). The molecule has 0 aliphatic rings. The summed E-state index contributed by atoms with van der Waals surface area (Å²) in [4.78, 5) is 0. The zero-order valence-electron chi connectivity index (χ0n) is 12.9. The molecule has 0 fully saturated rings. The summed E-state index contributed by atoms with van der Waals surface area (Å²) in [5.41, 5.74) is 1.27. The van der Waals surface area contributed by atoms with Crippen molar-refractivity contribution in [2.45, 2.75) is 40.2 Å². The number of likely N-dealkylation sites (N-methyl/N-ethyl adjacent to an activating group) is 1. The van der Waals surface area contributed by atoms with E-state index in [1.165, 1.54) is 42.5 Å². The third-order valence-corrected chi connectivity index (χ3v) is 3.89. The summed E-state index contributed by atoms with van der Waals surface area (Å²) in [6, 6.07) is 10.4. The highest BCUT2D eigenvalue weighted by Crippen LogP contribution is 2.10. The summed E-state index contributed by atoms with van der Waals surface area (Å²) in [6.07, 6.45) is 2.51. The SMILES string of the molecule is CCC[N+](CC)(CCC)CCOCc1ccccc1. The Morgan fingerprint density at radius 1 is 0.895 bits per heavy atom. The summed E-state index contributed by atoms with van der Waals surface area (Å²) < 4.78 is 7.06. The number of benzene rings is 1. The number of rotatable bonds is 10. The Labute approximate surface area is 119 Å². The molecule has 1 aromatic rings. The standard InChI is InChI=1S/C17H30NO/c1-4-12-18(6-3,13-5-2)14-15-19-16-17-10-8-7-9-11-17/h7-11H,4-6,12-16H2,1-3H3/q+1. The van der Waals surface area contributed by atoms with Gasteiger partial charge in [0.2, 0.25) is 0 Å². The molecule has 0 N–H and O–H groups in total. The molecule has 2 heteroatoms. The smallest absolute Gasteiger partial charge is 0.102 e. The number of hydrogen-bond donors (Lipinski definition) is 0. The van der Waals surface area contributed by atoms with Crippen LogP contribution >= 0.6 is 0 Å². The van der Waals surface area contributed by atoms with Crippen LogP contribution in [0.3, 0.4) is 0 Å². The first kappa shape index (κ1) is 16.2. The van der Waals surface area contributed by atoms with Crippen LogP contribution in [0.4, 0.5) is 0 Å². The van der Waals surface area contributed by atoms with E-state index in [9.17, 15) is 0 Å². The number of ether oxygens (including phenoxy) is 1. The predicted molar refractivity (Wildman–Crippen MR) is 82.1 cm³/mol.